The van der Waals surface area contributed by atoms with E-state index in [2.05, 4.69) is 211 Å². The number of aromatic nitrogens is 1. The maximum atomic E-state index is 3.99. The number of H-pyrrole nitrogens is 1. The fourth-order valence-corrected chi connectivity index (χ4v) is 10.4. The van der Waals surface area contributed by atoms with Crippen molar-refractivity contribution >= 4 is 65.4 Å². The van der Waals surface area contributed by atoms with Gasteiger partial charge >= 0.3 is 0 Å². The number of benzene rings is 9. The number of fused-ring (bicyclic) bond motifs is 12. The van der Waals surface area contributed by atoms with Crippen molar-refractivity contribution in [2.75, 3.05) is 0 Å². The molecule has 0 saturated heterocycles. The number of para-hydroxylation sites is 1. The van der Waals surface area contributed by atoms with E-state index in [1.165, 1.54) is 104 Å². The fourth-order valence-electron chi connectivity index (χ4n) is 10.4. The molecule has 1 aliphatic heterocycles. The summed E-state index contributed by atoms with van der Waals surface area (Å²) in [6, 6.07) is 67.2. The molecule has 9 aromatic carbocycles. The predicted octanol–water partition coefficient (Wildman–Crippen LogP) is 14.5. The minimum atomic E-state index is -0.0159. The summed E-state index contributed by atoms with van der Waals surface area (Å²) < 4.78 is 0. The third-order valence-electron chi connectivity index (χ3n) is 13.0. The molecule has 3 atom stereocenters. The van der Waals surface area contributed by atoms with Crippen molar-refractivity contribution in [1.82, 2.24) is 10.3 Å². The zero-order valence-corrected chi connectivity index (χ0v) is 32.2. The van der Waals surface area contributed by atoms with Gasteiger partial charge in [0, 0.05) is 38.9 Å². The van der Waals surface area contributed by atoms with Crippen molar-refractivity contribution in [1.29, 1.82) is 0 Å². The van der Waals surface area contributed by atoms with Crippen LogP contribution in [0.1, 0.15) is 58.2 Å². The molecule has 12 rings (SSSR count). The first-order chi connectivity index (χ1) is 28.7. The van der Waals surface area contributed by atoms with Crippen LogP contribution in [0, 0.1) is 0 Å². The van der Waals surface area contributed by atoms with Gasteiger partial charge in [-0.1, -0.05) is 183 Å². The molecule has 2 nitrogen and oxygen atoms in total. The number of hydrogen-bond donors (Lipinski definition) is 2. The molecule has 3 unspecified atom stereocenters. The molecule has 0 bridgehead atoms. The Morgan fingerprint density at radius 1 is 0.466 bits per heavy atom. The second-order valence-electron chi connectivity index (χ2n) is 16.1. The first-order valence-corrected chi connectivity index (χ1v) is 20.5. The summed E-state index contributed by atoms with van der Waals surface area (Å²) in [5, 5.41) is 14.3. The number of rotatable bonds is 4. The van der Waals surface area contributed by atoms with Gasteiger partial charge in [-0.25, -0.2) is 0 Å². The zero-order chi connectivity index (χ0) is 38.3. The monoisotopic (exact) mass is 740 g/mol. The van der Waals surface area contributed by atoms with Gasteiger partial charge in [-0.3, -0.25) is 0 Å². The van der Waals surface area contributed by atoms with Crippen LogP contribution in [0.3, 0.4) is 0 Å². The number of hydrogen-bond acceptors (Lipinski definition) is 1. The Hall–Kier alpha value is -7.16. The molecule has 1 aliphatic carbocycles. The topological polar surface area (TPSA) is 27.8 Å². The highest BCUT2D eigenvalue weighted by atomic mass is 14.9. The van der Waals surface area contributed by atoms with E-state index < -0.39 is 0 Å². The number of dihydropyridines is 1. The first-order valence-electron chi connectivity index (χ1n) is 20.5. The Kier molecular flexibility index (Phi) is 7.37. The molecule has 2 heterocycles. The predicted molar refractivity (Wildman–Crippen MR) is 245 cm³/mol. The largest absolute Gasteiger partial charge is 0.374 e. The smallest absolute Gasteiger partial charge is 0.0707 e. The van der Waals surface area contributed by atoms with Crippen molar-refractivity contribution in [3.8, 4) is 11.1 Å². The van der Waals surface area contributed by atoms with Crippen LogP contribution >= 0.6 is 0 Å². The summed E-state index contributed by atoms with van der Waals surface area (Å²) >= 11 is 0. The summed E-state index contributed by atoms with van der Waals surface area (Å²) in [7, 11) is 0. The third kappa shape index (κ3) is 4.98. The van der Waals surface area contributed by atoms with Gasteiger partial charge in [0.2, 0.25) is 0 Å². The molecule has 1 aromatic heterocycles. The lowest BCUT2D eigenvalue weighted by Gasteiger charge is -2.36. The molecule has 10 aromatic rings. The molecule has 2 heteroatoms. The SMILES string of the molecule is CC1c2c(c3c4ccccc4[nH]c3c3ccccc23)-c2ccccc2C1c1ccc(C2C=C(c3cccc4ccccc34)C=C(c3cccc4ccccc34)N2)cc1. The van der Waals surface area contributed by atoms with Gasteiger partial charge in [-0.15, -0.1) is 0 Å². The second-order valence-corrected chi connectivity index (χ2v) is 16.1. The van der Waals surface area contributed by atoms with Crippen molar-refractivity contribution in [2.24, 2.45) is 0 Å². The minimum absolute atomic E-state index is 0.0159. The van der Waals surface area contributed by atoms with E-state index in [1.807, 2.05) is 0 Å². The Bertz CT molecular complexity index is 3330. The van der Waals surface area contributed by atoms with Crippen molar-refractivity contribution in [3.63, 3.8) is 0 Å². The van der Waals surface area contributed by atoms with Crippen molar-refractivity contribution in [3.05, 3.63) is 228 Å². The normalized spacial score (nSPS) is 17.6. The molecule has 2 aliphatic rings. The molecule has 0 saturated carbocycles. The molecule has 0 amide bonds. The van der Waals surface area contributed by atoms with Crippen LogP contribution in [0.25, 0.3) is 76.5 Å². The van der Waals surface area contributed by atoms with Gasteiger partial charge in [0.05, 0.1) is 11.6 Å². The molecule has 274 valence electrons. The summed E-state index contributed by atoms with van der Waals surface area (Å²) in [6.45, 7) is 2.45. The lowest BCUT2D eigenvalue weighted by molar-refractivity contribution is 0.654. The van der Waals surface area contributed by atoms with Crippen LogP contribution in [-0.4, -0.2) is 4.98 Å². The summed E-state index contributed by atoms with van der Waals surface area (Å²) in [5.41, 5.74) is 15.4. The van der Waals surface area contributed by atoms with Gasteiger partial charge in [0.25, 0.3) is 0 Å². The number of nitrogens with one attached hydrogen (secondary N) is 2. The quantitative estimate of drug-likeness (QED) is 0.185. The van der Waals surface area contributed by atoms with Gasteiger partial charge in [0.1, 0.15) is 0 Å². The summed E-state index contributed by atoms with van der Waals surface area (Å²) in [4.78, 5) is 3.83. The van der Waals surface area contributed by atoms with E-state index in [0.29, 0.717) is 0 Å². The Morgan fingerprint density at radius 3 is 1.81 bits per heavy atom. The maximum Gasteiger partial charge on any atom is 0.0707 e. The average Bonchev–Trinajstić information content (AvgIpc) is 3.68. The van der Waals surface area contributed by atoms with E-state index in [0.717, 1.165) is 5.70 Å². The zero-order valence-electron chi connectivity index (χ0n) is 32.2. The molecule has 0 spiro atoms. The standard InChI is InChI=1S/C56H40N2/c1-34-52(44-20-6-7-21-45(44)54-53(34)46-22-8-9-23-47(46)56-55(54)48-24-10-11-27-49(48)58-56)38-30-28-37(29-31-38)50-32-39(42-25-12-16-35-14-2-4-18-40(35)42)33-51(57-50)43-26-13-17-36-15-3-5-19-41(36)43/h2-34,50,52,57-58H,1H3. The summed E-state index contributed by atoms with van der Waals surface area (Å²) in [5.74, 6) is 0.460. The molecular weight excluding hydrogens is 701 g/mol. The lowest BCUT2D eigenvalue weighted by atomic mass is 9.67. The molecule has 2 N–H and O–H groups in total. The lowest BCUT2D eigenvalue weighted by Crippen LogP contribution is -2.22. The van der Waals surface area contributed by atoms with E-state index >= 15 is 0 Å². The van der Waals surface area contributed by atoms with Gasteiger partial charge < -0.3 is 10.3 Å². The van der Waals surface area contributed by atoms with Crippen LogP contribution in [0.5, 0.6) is 0 Å². The summed E-state index contributed by atoms with van der Waals surface area (Å²) in [6.07, 6.45) is 4.76. The maximum absolute atomic E-state index is 3.99. The van der Waals surface area contributed by atoms with Crippen LogP contribution in [0.4, 0.5) is 0 Å². The van der Waals surface area contributed by atoms with Crippen LogP contribution in [-0.2, 0) is 0 Å². The van der Waals surface area contributed by atoms with Gasteiger partial charge in [-0.2, -0.15) is 0 Å². The Balaban J connectivity index is 0.993. The van der Waals surface area contributed by atoms with Crippen molar-refractivity contribution in [2.45, 2.75) is 24.8 Å². The molecule has 58 heavy (non-hydrogen) atoms. The minimum Gasteiger partial charge on any atom is -0.374 e. The highest BCUT2D eigenvalue weighted by Gasteiger charge is 2.35. The number of aromatic amines is 1. The average molecular weight is 741 g/mol. The van der Waals surface area contributed by atoms with Gasteiger partial charge in [0.15, 0.2) is 0 Å². The van der Waals surface area contributed by atoms with Gasteiger partial charge in [-0.05, 0) is 95.6 Å². The third-order valence-corrected chi connectivity index (χ3v) is 13.0. The van der Waals surface area contributed by atoms with Crippen molar-refractivity contribution < 1.29 is 0 Å². The first kappa shape index (κ1) is 33.0. The molecule has 0 fully saturated rings. The Labute approximate surface area is 337 Å². The van der Waals surface area contributed by atoms with Crippen LogP contribution in [0.2, 0.25) is 0 Å². The van der Waals surface area contributed by atoms with Crippen LogP contribution in [0.15, 0.2) is 194 Å². The number of allylic oxidation sites excluding steroid dienone is 2. The van der Waals surface area contributed by atoms with E-state index in [4.69, 9.17) is 0 Å². The fraction of sp³-hybridized carbons (Fsp3) is 0.0714. The Morgan fingerprint density at radius 2 is 1.03 bits per heavy atom. The molecule has 0 radical (unpaired) electrons. The highest BCUT2D eigenvalue weighted by molar-refractivity contribution is 6.25. The van der Waals surface area contributed by atoms with E-state index in [1.54, 1.807) is 0 Å². The second kappa shape index (κ2) is 12.9. The molecular formula is C56H40N2. The van der Waals surface area contributed by atoms with Crippen LogP contribution < -0.4 is 5.32 Å². The van der Waals surface area contributed by atoms with E-state index in [-0.39, 0.29) is 17.9 Å². The highest BCUT2D eigenvalue weighted by Crippen LogP contribution is 2.55. The van der Waals surface area contributed by atoms with E-state index in [9.17, 15) is 0 Å².